The summed E-state index contributed by atoms with van der Waals surface area (Å²) < 4.78 is 19.7. The maximum Gasteiger partial charge on any atom is 0.123 e. The van der Waals surface area contributed by atoms with Crippen LogP contribution in [0.5, 0.6) is 0 Å². The van der Waals surface area contributed by atoms with Crippen LogP contribution in [0.1, 0.15) is 44.9 Å². The number of aryl methyl sites for hydroxylation is 1. The maximum absolute atomic E-state index is 13.7. The number of rotatable bonds is 4. The van der Waals surface area contributed by atoms with Crippen LogP contribution in [0.3, 0.4) is 0 Å². The van der Waals surface area contributed by atoms with Gasteiger partial charge in [0.1, 0.15) is 5.82 Å². The summed E-state index contributed by atoms with van der Waals surface area (Å²) in [4.78, 5) is 0. The Labute approximate surface area is 121 Å². The molecule has 0 bridgehead atoms. The third-order valence-electron chi connectivity index (χ3n) is 4.55. The number of ether oxygens (including phenoxy) is 1. The molecular formula is C17H26FNO. The van der Waals surface area contributed by atoms with Crippen molar-refractivity contribution in [2.24, 2.45) is 11.8 Å². The zero-order valence-corrected chi connectivity index (χ0v) is 13.1. The molecule has 0 saturated carbocycles. The molecule has 2 nitrogen and oxygen atoms in total. The Bertz CT molecular complexity index is 442. The highest BCUT2D eigenvalue weighted by molar-refractivity contribution is 5.27. The van der Waals surface area contributed by atoms with Crippen molar-refractivity contribution in [3.63, 3.8) is 0 Å². The molecule has 0 radical (unpaired) electrons. The average Bonchev–Trinajstić information content (AvgIpc) is 2.60. The predicted molar refractivity (Wildman–Crippen MR) is 80.2 cm³/mol. The quantitative estimate of drug-likeness (QED) is 0.904. The Kier molecular flexibility index (Phi) is 4.82. The van der Waals surface area contributed by atoms with Crippen LogP contribution in [0.25, 0.3) is 0 Å². The first kappa shape index (κ1) is 15.5. The Morgan fingerprint density at radius 1 is 1.20 bits per heavy atom. The third-order valence-corrected chi connectivity index (χ3v) is 4.55. The number of hydrogen-bond donors (Lipinski definition) is 1. The summed E-state index contributed by atoms with van der Waals surface area (Å²) in [5.74, 6) is 0.666. The minimum atomic E-state index is -0.157. The number of nitrogens with one attached hydrogen (secondary N) is 1. The lowest BCUT2D eigenvalue weighted by Crippen LogP contribution is -2.35. The summed E-state index contributed by atoms with van der Waals surface area (Å²) in [6.45, 7) is 11.4. The van der Waals surface area contributed by atoms with Gasteiger partial charge in [-0.1, -0.05) is 19.9 Å². The van der Waals surface area contributed by atoms with E-state index in [1.54, 1.807) is 12.1 Å². The van der Waals surface area contributed by atoms with E-state index in [-0.39, 0.29) is 24.1 Å². The summed E-state index contributed by atoms with van der Waals surface area (Å²) in [7, 11) is 0. The first-order valence-corrected chi connectivity index (χ1v) is 7.60. The molecule has 0 amide bonds. The summed E-state index contributed by atoms with van der Waals surface area (Å²) in [5.41, 5.74) is 2.00. The van der Waals surface area contributed by atoms with Crippen LogP contribution in [0.15, 0.2) is 18.2 Å². The van der Waals surface area contributed by atoms with Crippen molar-refractivity contribution >= 4 is 0 Å². The summed E-state index contributed by atoms with van der Waals surface area (Å²) in [6.07, 6.45) is 0.443. The lowest BCUT2D eigenvalue weighted by Gasteiger charge is -2.30. The Balaban J connectivity index is 2.35. The summed E-state index contributed by atoms with van der Waals surface area (Å²) in [6, 6.07) is 5.46. The minimum absolute atomic E-state index is 0.143. The molecule has 1 fully saturated rings. The van der Waals surface area contributed by atoms with Gasteiger partial charge in [-0.2, -0.15) is 0 Å². The van der Waals surface area contributed by atoms with Gasteiger partial charge < -0.3 is 10.1 Å². The predicted octanol–water partition coefficient (Wildman–Crippen LogP) is 3.84. The van der Waals surface area contributed by atoms with Crippen molar-refractivity contribution in [3.05, 3.63) is 35.1 Å². The molecule has 112 valence electrons. The summed E-state index contributed by atoms with van der Waals surface area (Å²) in [5, 5.41) is 3.53. The molecular weight excluding hydrogens is 253 g/mol. The molecule has 1 heterocycles. The van der Waals surface area contributed by atoms with Crippen molar-refractivity contribution in [2.75, 3.05) is 6.54 Å². The Morgan fingerprint density at radius 3 is 2.40 bits per heavy atom. The Morgan fingerprint density at radius 2 is 1.90 bits per heavy atom. The van der Waals surface area contributed by atoms with Crippen LogP contribution in [-0.2, 0) is 4.74 Å². The molecule has 0 spiro atoms. The molecule has 1 aromatic rings. The van der Waals surface area contributed by atoms with E-state index in [9.17, 15) is 4.39 Å². The average molecular weight is 279 g/mol. The Hall–Kier alpha value is -0.930. The van der Waals surface area contributed by atoms with Gasteiger partial charge in [0.25, 0.3) is 0 Å². The molecule has 0 aliphatic carbocycles. The van der Waals surface area contributed by atoms with Gasteiger partial charge >= 0.3 is 0 Å². The molecule has 1 aliphatic heterocycles. The number of benzene rings is 1. The van der Waals surface area contributed by atoms with Crippen molar-refractivity contribution in [1.82, 2.24) is 5.32 Å². The van der Waals surface area contributed by atoms with Crippen LogP contribution in [-0.4, -0.2) is 18.8 Å². The highest BCUT2D eigenvalue weighted by Gasteiger charge is 2.42. The van der Waals surface area contributed by atoms with Gasteiger partial charge in [-0.15, -0.1) is 0 Å². The summed E-state index contributed by atoms with van der Waals surface area (Å²) >= 11 is 0. The lowest BCUT2D eigenvalue weighted by atomic mass is 9.80. The van der Waals surface area contributed by atoms with Crippen molar-refractivity contribution in [1.29, 1.82) is 0 Å². The van der Waals surface area contributed by atoms with Gasteiger partial charge in [0.15, 0.2) is 0 Å². The van der Waals surface area contributed by atoms with Gasteiger partial charge in [-0.05, 0) is 56.5 Å². The van der Waals surface area contributed by atoms with Crippen molar-refractivity contribution < 1.29 is 9.13 Å². The van der Waals surface area contributed by atoms with Gasteiger partial charge in [-0.25, -0.2) is 4.39 Å². The van der Waals surface area contributed by atoms with Gasteiger partial charge in [-0.3, -0.25) is 0 Å². The van der Waals surface area contributed by atoms with Gasteiger partial charge in [0.05, 0.1) is 12.2 Å². The van der Waals surface area contributed by atoms with Crippen molar-refractivity contribution in [3.8, 4) is 0 Å². The molecule has 1 saturated heterocycles. The fourth-order valence-corrected chi connectivity index (χ4v) is 3.51. The van der Waals surface area contributed by atoms with E-state index in [2.05, 4.69) is 39.1 Å². The van der Waals surface area contributed by atoms with E-state index in [0.717, 1.165) is 17.7 Å². The molecule has 1 aromatic carbocycles. The minimum Gasteiger partial charge on any atom is -0.375 e. The monoisotopic (exact) mass is 279 g/mol. The molecule has 0 aromatic heterocycles. The van der Waals surface area contributed by atoms with E-state index in [0.29, 0.717) is 11.8 Å². The fourth-order valence-electron chi connectivity index (χ4n) is 3.51. The maximum atomic E-state index is 13.7. The van der Waals surface area contributed by atoms with Gasteiger partial charge in [0.2, 0.25) is 0 Å². The van der Waals surface area contributed by atoms with E-state index >= 15 is 0 Å². The first-order chi connectivity index (χ1) is 9.43. The highest BCUT2D eigenvalue weighted by atomic mass is 19.1. The normalized spacial score (nSPS) is 31.5. The molecule has 2 rings (SSSR count). The van der Waals surface area contributed by atoms with Crippen LogP contribution >= 0.6 is 0 Å². The van der Waals surface area contributed by atoms with Crippen LogP contribution in [0.4, 0.5) is 4.39 Å². The number of halogens is 1. The number of hydrogen-bond acceptors (Lipinski definition) is 2. The largest absolute Gasteiger partial charge is 0.375 e. The van der Waals surface area contributed by atoms with E-state index in [4.69, 9.17) is 4.74 Å². The second-order valence-corrected chi connectivity index (χ2v) is 6.08. The topological polar surface area (TPSA) is 21.3 Å². The van der Waals surface area contributed by atoms with E-state index in [1.807, 2.05) is 6.92 Å². The second-order valence-electron chi connectivity index (χ2n) is 6.08. The van der Waals surface area contributed by atoms with E-state index < -0.39 is 0 Å². The highest BCUT2D eigenvalue weighted by Crippen LogP contribution is 2.40. The van der Waals surface area contributed by atoms with Crippen LogP contribution < -0.4 is 5.32 Å². The smallest absolute Gasteiger partial charge is 0.123 e. The van der Waals surface area contributed by atoms with Crippen molar-refractivity contribution in [2.45, 2.75) is 52.9 Å². The first-order valence-electron chi connectivity index (χ1n) is 7.60. The van der Waals surface area contributed by atoms with E-state index in [1.165, 1.54) is 0 Å². The molecule has 1 N–H and O–H groups in total. The third kappa shape index (κ3) is 3.04. The zero-order chi connectivity index (χ0) is 14.9. The molecule has 20 heavy (non-hydrogen) atoms. The molecule has 5 unspecified atom stereocenters. The lowest BCUT2D eigenvalue weighted by molar-refractivity contribution is 0.0475. The van der Waals surface area contributed by atoms with Crippen LogP contribution in [0, 0.1) is 24.6 Å². The fraction of sp³-hybridized carbons (Fsp3) is 0.647. The second kappa shape index (κ2) is 6.23. The SMILES string of the molecule is CCNC(c1cc(C)cc(F)c1)C1C(C)OC(C)C1C. The van der Waals surface area contributed by atoms with Crippen LogP contribution in [0.2, 0.25) is 0 Å². The molecule has 5 atom stereocenters. The standard InChI is InChI=1S/C17H26FNO/c1-6-19-17(14-7-10(2)8-15(18)9-14)16-11(3)12(4)20-13(16)5/h7-9,11-13,16-17,19H,6H2,1-5H3. The molecule has 3 heteroatoms. The van der Waals surface area contributed by atoms with Gasteiger partial charge in [0, 0.05) is 12.0 Å². The molecule has 1 aliphatic rings. The zero-order valence-electron chi connectivity index (χ0n) is 13.1.